The van der Waals surface area contributed by atoms with E-state index in [4.69, 9.17) is 4.74 Å². The third-order valence-electron chi connectivity index (χ3n) is 4.43. The minimum Gasteiger partial charge on any atom is -0.494 e. The van der Waals surface area contributed by atoms with E-state index in [1.165, 1.54) is 11.1 Å². The SMILES string of the molecule is Cc1cc(C)cc(OCCCCN2C(=O)C(=O)c3cccc(C)c32)c1. The summed E-state index contributed by atoms with van der Waals surface area (Å²) in [6, 6.07) is 11.6. The third kappa shape index (κ3) is 3.58. The van der Waals surface area contributed by atoms with Gasteiger partial charge in [-0.1, -0.05) is 18.2 Å². The van der Waals surface area contributed by atoms with E-state index >= 15 is 0 Å². The van der Waals surface area contributed by atoms with Crippen LogP contribution < -0.4 is 9.64 Å². The number of Topliss-reactive ketones (excluding diaryl/α,β-unsaturated/α-hetero) is 1. The van der Waals surface area contributed by atoms with Crippen LogP contribution in [0.3, 0.4) is 0 Å². The number of carbonyl (C=O) groups is 2. The van der Waals surface area contributed by atoms with Crippen molar-refractivity contribution in [2.45, 2.75) is 33.6 Å². The van der Waals surface area contributed by atoms with E-state index in [2.05, 4.69) is 19.9 Å². The van der Waals surface area contributed by atoms with Crippen LogP contribution in [0.15, 0.2) is 36.4 Å². The fraction of sp³-hybridized carbons (Fsp3) is 0.333. The topological polar surface area (TPSA) is 46.6 Å². The maximum atomic E-state index is 12.2. The van der Waals surface area contributed by atoms with Crippen molar-refractivity contribution in [3.05, 3.63) is 58.7 Å². The molecule has 0 N–H and O–H groups in total. The molecule has 1 amide bonds. The fourth-order valence-corrected chi connectivity index (χ4v) is 3.33. The van der Waals surface area contributed by atoms with Gasteiger partial charge < -0.3 is 9.64 Å². The molecular formula is C21H23NO3. The van der Waals surface area contributed by atoms with Gasteiger partial charge in [0.1, 0.15) is 5.75 Å². The van der Waals surface area contributed by atoms with E-state index < -0.39 is 11.7 Å². The van der Waals surface area contributed by atoms with Crippen LogP contribution in [0, 0.1) is 20.8 Å². The molecule has 130 valence electrons. The predicted molar refractivity (Wildman–Crippen MR) is 98.5 cm³/mol. The molecule has 0 saturated heterocycles. The summed E-state index contributed by atoms with van der Waals surface area (Å²) < 4.78 is 5.80. The predicted octanol–water partition coefficient (Wildman–Crippen LogP) is 4.00. The molecule has 0 unspecified atom stereocenters. The van der Waals surface area contributed by atoms with Crippen LogP contribution in [0.5, 0.6) is 5.75 Å². The van der Waals surface area contributed by atoms with Gasteiger partial charge in [-0.05, 0) is 68.5 Å². The quantitative estimate of drug-likeness (QED) is 0.591. The van der Waals surface area contributed by atoms with E-state index in [-0.39, 0.29) is 0 Å². The zero-order chi connectivity index (χ0) is 18.0. The molecule has 0 saturated carbocycles. The number of hydrogen-bond donors (Lipinski definition) is 0. The second-order valence-corrected chi connectivity index (χ2v) is 6.64. The van der Waals surface area contributed by atoms with Gasteiger partial charge in [-0.2, -0.15) is 0 Å². The van der Waals surface area contributed by atoms with Crippen molar-refractivity contribution in [1.82, 2.24) is 0 Å². The standard InChI is InChI=1S/C21H23NO3/c1-14-11-15(2)13-17(12-14)25-10-5-4-9-22-19-16(3)7-6-8-18(19)20(23)21(22)24/h6-8,11-13H,4-5,9-10H2,1-3H3. The lowest BCUT2D eigenvalue weighted by molar-refractivity contribution is -0.114. The molecule has 2 aromatic carbocycles. The third-order valence-corrected chi connectivity index (χ3v) is 4.43. The van der Waals surface area contributed by atoms with E-state index in [1.807, 2.05) is 31.2 Å². The Bertz CT molecular complexity index is 806. The first-order chi connectivity index (χ1) is 12.0. The molecular weight excluding hydrogens is 314 g/mol. The van der Waals surface area contributed by atoms with Crippen LogP contribution in [0.2, 0.25) is 0 Å². The normalized spacial score (nSPS) is 13.3. The summed E-state index contributed by atoms with van der Waals surface area (Å²) in [5, 5.41) is 0. The highest BCUT2D eigenvalue weighted by Gasteiger charge is 2.36. The van der Waals surface area contributed by atoms with Crippen LogP contribution in [-0.4, -0.2) is 24.8 Å². The highest BCUT2D eigenvalue weighted by Crippen LogP contribution is 2.32. The van der Waals surface area contributed by atoms with Crippen LogP contribution in [0.4, 0.5) is 5.69 Å². The summed E-state index contributed by atoms with van der Waals surface area (Å²) >= 11 is 0. The lowest BCUT2D eigenvalue weighted by Gasteiger charge is -2.18. The number of nitrogens with zero attached hydrogens (tertiary/aromatic N) is 1. The van der Waals surface area contributed by atoms with Crippen molar-refractivity contribution in [3.8, 4) is 5.75 Å². The summed E-state index contributed by atoms with van der Waals surface area (Å²) in [6.45, 7) is 7.17. The van der Waals surface area contributed by atoms with Gasteiger partial charge in [0.2, 0.25) is 0 Å². The van der Waals surface area contributed by atoms with Gasteiger partial charge in [0, 0.05) is 6.54 Å². The molecule has 0 radical (unpaired) electrons. The molecule has 0 bridgehead atoms. The molecule has 0 spiro atoms. The average Bonchev–Trinajstić information content (AvgIpc) is 2.80. The molecule has 2 aromatic rings. The molecule has 4 heteroatoms. The van der Waals surface area contributed by atoms with Gasteiger partial charge >= 0.3 is 0 Å². The number of anilines is 1. The number of amides is 1. The Kier molecular flexibility index (Phi) is 4.88. The van der Waals surface area contributed by atoms with Crippen LogP contribution in [0.25, 0.3) is 0 Å². The van der Waals surface area contributed by atoms with Crippen molar-refractivity contribution in [2.24, 2.45) is 0 Å². The Hall–Kier alpha value is -2.62. The maximum Gasteiger partial charge on any atom is 0.299 e. The maximum absolute atomic E-state index is 12.2. The summed E-state index contributed by atoms with van der Waals surface area (Å²) in [5.74, 6) is 0.0656. The van der Waals surface area contributed by atoms with Gasteiger partial charge in [0.25, 0.3) is 11.7 Å². The Labute approximate surface area is 148 Å². The van der Waals surface area contributed by atoms with Gasteiger partial charge in [-0.25, -0.2) is 0 Å². The molecule has 0 aliphatic carbocycles. The number of carbonyl (C=O) groups excluding carboxylic acids is 2. The number of rotatable bonds is 6. The zero-order valence-corrected chi connectivity index (χ0v) is 15.0. The van der Waals surface area contributed by atoms with Crippen LogP contribution in [-0.2, 0) is 4.79 Å². The van der Waals surface area contributed by atoms with Crippen molar-refractivity contribution in [1.29, 1.82) is 0 Å². The Morgan fingerprint density at radius 2 is 1.68 bits per heavy atom. The molecule has 0 atom stereocenters. The molecule has 25 heavy (non-hydrogen) atoms. The van der Waals surface area contributed by atoms with E-state index in [0.29, 0.717) is 18.7 Å². The number of hydrogen-bond acceptors (Lipinski definition) is 3. The molecule has 0 aromatic heterocycles. The first-order valence-corrected chi connectivity index (χ1v) is 8.64. The molecule has 3 rings (SSSR count). The second kappa shape index (κ2) is 7.09. The number of benzene rings is 2. The van der Waals surface area contributed by atoms with Gasteiger partial charge in [-0.3, -0.25) is 9.59 Å². The number of para-hydroxylation sites is 1. The Morgan fingerprint density at radius 3 is 2.40 bits per heavy atom. The monoisotopic (exact) mass is 337 g/mol. The lowest BCUT2D eigenvalue weighted by atomic mass is 10.1. The average molecular weight is 337 g/mol. The molecule has 0 fully saturated rings. The zero-order valence-electron chi connectivity index (χ0n) is 15.0. The van der Waals surface area contributed by atoms with Crippen molar-refractivity contribution in [2.75, 3.05) is 18.1 Å². The molecule has 1 aliphatic heterocycles. The first kappa shape index (κ1) is 17.2. The van der Waals surface area contributed by atoms with Crippen molar-refractivity contribution >= 4 is 17.4 Å². The van der Waals surface area contributed by atoms with Gasteiger partial charge in [0.05, 0.1) is 17.9 Å². The van der Waals surface area contributed by atoms with Crippen molar-refractivity contribution in [3.63, 3.8) is 0 Å². The van der Waals surface area contributed by atoms with Crippen molar-refractivity contribution < 1.29 is 14.3 Å². The van der Waals surface area contributed by atoms with Gasteiger partial charge in [-0.15, -0.1) is 0 Å². The second-order valence-electron chi connectivity index (χ2n) is 6.64. The summed E-state index contributed by atoms with van der Waals surface area (Å²) in [7, 11) is 0. The Morgan fingerprint density at radius 1 is 0.960 bits per heavy atom. The van der Waals surface area contributed by atoms with Gasteiger partial charge in [0.15, 0.2) is 0 Å². The summed E-state index contributed by atoms with van der Waals surface area (Å²) in [5.41, 5.74) is 4.62. The van der Waals surface area contributed by atoms with Crippen LogP contribution >= 0.6 is 0 Å². The Balaban J connectivity index is 1.55. The number of ketones is 1. The number of ether oxygens (including phenoxy) is 1. The van der Waals surface area contributed by atoms with Crippen LogP contribution in [0.1, 0.15) is 39.9 Å². The lowest BCUT2D eigenvalue weighted by Crippen LogP contribution is -2.31. The van der Waals surface area contributed by atoms with E-state index in [0.717, 1.165) is 29.8 Å². The number of aryl methyl sites for hydroxylation is 3. The molecule has 1 heterocycles. The highest BCUT2D eigenvalue weighted by molar-refractivity contribution is 6.52. The smallest absolute Gasteiger partial charge is 0.299 e. The molecule has 4 nitrogen and oxygen atoms in total. The fourth-order valence-electron chi connectivity index (χ4n) is 3.33. The highest BCUT2D eigenvalue weighted by atomic mass is 16.5. The van der Waals surface area contributed by atoms with E-state index in [1.54, 1.807) is 11.0 Å². The first-order valence-electron chi connectivity index (χ1n) is 8.64. The number of unbranched alkanes of at least 4 members (excludes halogenated alkanes) is 1. The largest absolute Gasteiger partial charge is 0.494 e. The van der Waals surface area contributed by atoms with E-state index in [9.17, 15) is 9.59 Å². The summed E-state index contributed by atoms with van der Waals surface area (Å²) in [6.07, 6.45) is 1.61. The summed E-state index contributed by atoms with van der Waals surface area (Å²) in [4.78, 5) is 25.9. The molecule has 1 aliphatic rings. The minimum absolute atomic E-state index is 0.398. The minimum atomic E-state index is -0.417. The number of fused-ring (bicyclic) bond motifs is 1.